The van der Waals surface area contributed by atoms with Crippen molar-refractivity contribution in [1.82, 2.24) is 19.8 Å². The number of carbonyl (C=O) groups is 2. The molecule has 21 heavy (non-hydrogen) atoms. The van der Waals surface area contributed by atoms with Crippen molar-refractivity contribution in [2.45, 2.75) is 13.3 Å². The number of rotatable bonds is 4. The molecule has 7 nitrogen and oxygen atoms in total. The van der Waals surface area contributed by atoms with Gasteiger partial charge in [-0.05, 0) is 13.3 Å². The molecular weight excluding hydrogens is 272 g/mol. The zero-order chi connectivity index (χ0) is 15.1. The highest BCUT2D eigenvalue weighted by Crippen LogP contribution is 2.07. The zero-order valence-corrected chi connectivity index (χ0v) is 12.2. The van der Waals surface area contributed by atoms with Gasteiger partial charge in [-0.2, -0.15) is 0 Å². The molecule has 1 aliphatic rings. The first-order chi connectivity index (χ1) is 10.2. The van der Waals surface area contributed by atoms with Gasteiger partial charge < -0.3 is 9.64 Å². The predicted octanol–water partition coefficient (Wildman–Crippen LogP) is 0.188. The van der Waals surface area contributed by atoms with E-state index in [9.17, 15) is 9.59 Å². The standard InChI is InChI=1S/C14H20N4O3/c1-2-21-13(19)11-17-6-3-7-18(9-8-17)14(20)12-10-15-4-5-16-12/h4-5,10H,2-3,6-9,11H2,1H3. The maximum absolute atomic E-state index is 12.3. The van der Waals surface area contributed by atoms with E-state index in [0.717, 1.165) is 13.0 Å². The van der Waals surface area contributed by atoms with Gasteiger partial charge in [-0.3, -0.25) is 19.5 Å². The van der Waals surface area contributed by atoms with E-state index in [-0.39, 0.29) is 18.4 Å². The van der Waals surface area contributed by atoms with Gasteiger partial charge in [-0.15, -0.1) is 0 Å². The number of hydrogen-bond donors (Lipinski definition) is 0. The maximum atomic E-state index is 12.3. The monoisotopic (exact) mass is 292 g/mol. The van der Waals surface area contributed by atoms with Gasteiger partial charge in [0.2, 0.25) is 0 Å². The Hall–Kier alpha value is -2.02. The van der Waals surface area contributed by atoms with Crippen LogP contribution in [0.5, 0.6) is 0 Å². The van der Waals surface area contributed by atoms with Crippen LogP contribution in [0.4, 0.5) is 0 Å². The first-order valence-electron chi connectivity index (χ1n) is 7.14. The highest BCUT2D eigenvalue weighted by atomic mass is 16.5. The summed E-state index contributed by atoms with van der Waals surface area (Å²) >= 11 is 0. The van der Waals surface area contributed by atoms with E-state index in [1.54, 1.807) is 18.0 Å². The quantitative estimate of drug-likeness (QED) is 0.737. The van der Waals surface area contributed by atoms with Gasteiger partial charge >= 0.3 is 5.97 Å². The second-order valence-electron chi connectivity index (χ2n) is 4.82. The molecule has 0 bridgehead atoms. The van der Waals surface area contributed by atoms with E-state index in [1.807, 2.05) is 4.90 Å². The number of carbonyl (C=O) groups excluding carboxylic acids is 2. The van der Waals surface area contributed by atoms with Gasteiger partial charge in [-0.25, -0.2) is 4.98 Å². The molecule has 0 atom stereocenters. The summed E-state index contributed by atoms with van der Waals surface area (Å²) < 4.78 is 4.95. The first-order valence-corrected chi connectivity index (χ1v) is 7.14. The lowest BCUT2D eigenvalue weighted by Crippen LogP contribution is -2.37. The molecule has 1 aromatic heterocycles. The summed E-state index contributed by atoms with van der Waals surface area (Å²) in [4.78, 5) is 35.5. The average Bonchev–Trinajstić information content (AvgIpc) is 2.73. The van der Waals surface area contributed by atoms with Gasteiger partial charge in [-0.1, -0.05) is 0 Å². The molecule has 0 unspecified atom stereocenters. The van der Waals surface area contributed by atoms with E-state index in [0.29, 0.717) is 31.9 Å². The number of amides is 1. The Kier molecular flexibility index (Phi) is 5.62. The summed E-state index contributed by atoms with van der Waals surface area (Å²) in [5.74, 6) is -0.327. The summed E-state index contributed by atoms with van der Waals surface area (Å²) in [6, 6.07) is 0. The number of aromatic nitrogens is 2. The fourth-order valence-corrected chi connectivity index (χ4v) is 2.29. The first kappa shape index (κ1) is 15.4. The Morgan fingerprint density at radius 1 is 1.24 bits per heavy atom. The van der Waals surface area contributed by atoms with Crippen molar-refractivity contribution in [3.05, 3.63) is 24.3 Å². The predicted molar refractivity (Wildman–Crippen MR) is 75.6 cm³/mol. The summed E-state index contributed by atoms with van der Waals surface area (Å²) in [7, 11) is 0. The largest absolute Gasteiger partial charge is 0.465 e. The highest BCUT2D eigenvalue weighted by molar-refractivity contribution is 5.91. The van der Waals surface area contributed by atoms with E-state index >= 15 is 0 Å². The zero-order valence-electron chi connectivity index (χ0n) is 12.2. The Bertz CT molecular complexity index is 480. The third-order valence-electron chi connectivity index (χ3n) is 3.32. The van der Waals surface area contributed by atoms with Crippen molar-refractivity contribution < 1.29 is 14.3 Å². The summed E-state index contributed by atoms with van der Waals surface area (Å²) in [5, 5.41) is 0. The minimum absolute atomic E-state index is 0.110. The number of esters is 1. The molecule has 1 aliphatic heterocycles. The van der Waals surface area contributed by atoms with E-state index in [2.05, 4.69) is 9.97 Å². The van der Waals surface area contributed by atoms with Crippen LogP contribution in [0.1, 0.15) is 23.8 Å². The molecule has 0 saturated carbocycles. The van der Waals surface area contributed by atoms with Crippen molar-refractivity contribution in [3.8, 4) is 0 Å². The van der Waals surface area contributed by atoms with Crippen LogP contribution in [-0.2, 0) is 9.53 Å². The lowest BCUT2D eigenvalue weighted by molar-refractivity contribution is -0.144. The Balaban J connectivity index is 1.89. The molecule has 0 radical (unpaired) electrons. The normalized spacial score (nSPS) is 16.3. The lowest BCUT2D eigenvalue weighted by atomic mass is 10.3. The van der Waals surface area contributed by atoms with Gasteiger partial charge in [0.1, 0.15) is 5.69 Å². The molecule has 0 aromatic carbocycles. The minimum Gasteiger partial charge on any atom is -0.465 e. The van der Waals surface area contributed by atoms with Crippen LogP contribution < -0.4 is 0 Å². The van der Waals surface area contributed by atoms with Crippen LogP contribution in [0.3, 0.4) is 0 Å². The summed E-state index contributed by atoms with van der Waals surface area (Å²) in [5.41, 5.74) is 0.358. The average molecular weight is 292 g/mol. The topological polar surface area (TPSA) is 75.6 Å². The fraction of sp³-hybridized carbons (Fsp3) is 0.571. The van der Waals surface area contributed by atoms with Crippen LogP contribution >= 0.6 is 0 Å². The summed E-state index contributed by atoms with van der Waals surface area (Å²) in [6.45, 7) is 5.14. The van der Waals surface area contributed by atoms with E-state index in [4.69, 9.17) is 4.74 Å². The smallest absolute Gasteiger partial charge is 0.320 e. The Labute approximate surface area is 123 Å². The molecule has 2 rings (SSSR count). The second-order valence-corrected chi connectivity index (χ2v) is 4.82. The van der Waals surface area contributed by atoms with E-state index < -0.39 is 0 Å². The number of nitrogens with zero attached hydrogens (tertiary/aromatic N) is 4. The highest BCUT2D eigenvalue weighted by Gasteiger charge is 2.22. The molecule has 0 aliphatic carbocycles. The van der Waals surface area contributed by atoms with Crippen molar-refractivity contribution in [3.63, 3.8) is 0 Å². The molecule has 114 valence electrons. The van der Waals surface area contributed by atoms with Crippen molar-refractivity contribution >= 4 is 11.9 Å². The Morgan fingerprint density at radius 3 is 2.81 bits per heavy atom. The number of ether oxygens (including phenoxy) is 1. The molecule has 0 spiro atoms. The molecule has 2 heterocycles. The molecule has 1 aromatic rings. The lowest BCUT2D eigenvalue weighted by Gasteiger charge is -2.21. The van der Waals surface area contributed by atoms with Gasteiger partial charge in [0.05, 0.1) is 19.3 Å². The molecule has 1 amide bonds. The van der Waals surface area contributed by atoms with Crippen LogP contribution in [0, 0.1) is 0 Å². The van der Waals surface area contributed by atoms with Crippen molar-refractivity contribution in [1.29, 1.82) is 0 Å². The van der Waals surface area contributed by atoms with Crippen molar-refractivity contribution in [2.75, 3.05) is 39.3 Å². The minimum atomic E-state index is -0.216. The van der Waals surface area contributed by atoms with Gasteiger partial charge in [0.25, 0.3) is 5.91 Å². The van der Waals surface area contributed by atoms with Crippen LogP contribution in [0.15, 0.2) is 18.6 Å². The molecule has 0 N–H and O–H groups in total. The molecule has 7 heteroatoms. The molecule has 1 fully saturated rings. The Morgan fingerprint density at radius 2 is 2.10 bits per heavy atom. The third kappa shape index (κ3) is 4.49. The fourth-order valence-electron chi connectivity index (χ4n) is 2.29. The third-order valence-corrected chi connectivity index (χ3v) is 3.32. The maximum Gasteiger partial charge on any atom is 0.320 e. The molecule has 1 saturated heterocycles. The van der Waals surface area contributed by atoms with E-state index in [1.165, 1.54) is 12.4 Å². The summed E-state index contributed by atoms with van der Waals surface area (Å²) in [6.07, 6.45) is 5.35. The second kappa shape index (κ2) is 7.68. The number of hydrogen-bond acceptors (Lipinski definition) is 6. The van der Waals surface area contributed by atoms with Crippen LogP contribution in [-0.4, -0.2) is 71.0 Å². The van der Waals surface area contributed by atoms with Crippen molar-refractivity contribution in [2.24, 2.45) is 0 Å². The van der Waals surface area contributed by atoms with Crippen LogP contribution in [0.2, 0.25) is 0 Å². The van der Waals surface area contributed by atoms with Gasteiger partial charge in [0.15, 0.2) is 0 Å². The van der Waals surface area contributed by atoms with Crippen LogP contribution in [0.25, 0.3) is 0 Å². The van der Waals surface area contributed by atoms with Gasteiger partial charge in [0, 0.05) is 38.6 Å². The molecular formula is C14H20N4O3. The SMILES string of the molecule is CCOC(=O)CN1CCCN(C(=O)c2cnccn2)CC1.